The maximum absolute atomic E-state index is 5.39. The molecule has 0 fully saturated rings. The normalized spacial score (nSPS) is 12.3. The highest BCUT2D eigenvalue weighted by Gasteiger charge is 2.22. The lowest BCUT2D eigenvalue weighted by molar-refractivity contribution is 1.01. The molecule has 236 valence electrons. The molecule has 0 radical (unpaired) electrons. The molecule has 0 aliphatic heterocycles. The molecule has 0 unspecified atom stereocenters. The number of rotatable bonds is 2. The molecular formula is C46H26N4S. The van der Waals surface area contributed by atoms with E-state index in [1.54, 1.807) is 0 Å². The average molecular weight is 667 g/mol. The van der Waals surface area contributed by atoms with Gasteiger partial charge in [-0.3, -0.25) is 4.57 Å². The van der Waals surface area contributed by atoms with Gasteiger partial charge in [0.1, 0.15) is 0 Å². The Morgan fingerprint density at radius 3 is 1.65 bits per heavy atom. The van der Waals surface area contributed by atoms with Crippen LogP contribution < -0.4 is 0 Å². The van der Waals surface area contributed by atoms with Crippen LogP contribution in [0.15, 0.2) is 158 Å². The van der Waals surface area contributed by atoms with Crippen LogP contribution in [-0.4, -0.2) is 19.1 Å². The number of aromatic nitrogens is 4. The fraction of sp³-hybridized carbons (Fsp3) is 0. The van der Waals surface area contributed by atoms with Crippen molar-refractivity contribution in [2.24, 2.45) is 0 Å². The molecule has 0 saturated carbocycles. The van der Waals surface area contributed by atoms with Crippen molar-refractivity contribution >= 4 is 108 Å². The van der Waals surface area contributed by atoms with Gasteiger partial charge in [0, 0.05) is 64.4 Å². The van der Waals surface area contributed by atoms with Crippen LogP contribution in [0.1, 0.15) is 0 Å². The molecule has 12 aromatic rings. The standard InChI is InChI=1S/C46H26N4S/c1-2-13-30-28(11-1)29-12-3-4-15-32(29)45-36(30)26-47-46(48-45)50-38-19-9-6-17-34(38)44-40(50)23-22-39-43(44)33-16-5-8-18-37(33)49(39)27-21-24-42-35(25-27)31-14-7-10-20-41(31)51-42/h1-26H. The van der Waals surface area contributed by atoms with Crippen molar-refractivity contribution in [3.63, 3.8) is 0 Å². The summed E-state index contributed by atoms with van der Waals surface area (Å²) < 4.78 is 7.32. The SMILES string of the molecule is c1ccc2c(c1)sc1ccc(-n3c4ccccc4c4c5c6ccccc6n(-c6ncc7c8ccccc8c8ccccc8c7n6)c5ccc43)cc12. The van der Waals surface area contributed by atoms with E-state index in [2.05, 4.69) is 161 Å². The van der Waals surface area contributed by atoms with E-state index in [0.717, 1.165) is 33.0 Å². The Bertz CT molecular complexity index is 3400. The Kier molecular flexibility index (Phi) is 5.35. The fourth-order valence-electron chi connectivity index (χ4n) is 8.63. The summed E-state index contributed by atoms with van der Waals surface area (Å²) in [5.41, 5.74) is 6.69. The summed E-state index contributed by atoms with van der Waals surface area (Å²) in [6.07, 6.45) is 2.02. The topological polar surface area (TPSA) is 35.6 Å². The summed E-state index contributed by atoms with van der Waals surface area (Å²) in [5, 5.41) is 13.3. The highest BCUT2D eigenvalue weighted by molar-refractivity contribution is 7.25. The molecular weight excluding hydrogens is 641 g/mol. The van der Waals surface area contributed by atoms with Gasteiger partial charge >= 0.3 is 0 Å². The van der Waals surface area contributed by atoms with Gasteiger partial charge in [-0.15, -0.1) is 11.3 Å². The van der Waals surface area contributed by atoms with Gasteiger partial charge in [0.2, 0.25) is 5.95 Å². The molecule has 12 rings (SSSR count). The number of thiophene rings is 1. The van der Waals surface area contributed by atoms with E-state index in [9.17, 15) is 0 Å². The zero-order valence-corrected chi connectivity index (χ0v) is 28.0. The van der Waals surface area contributed by atoms with E-state index in [4.69, 9.17) is 9.97 Å². The minimum absolute atomic E-state index is 0.673. The first kappa shape index (κ1) is 27.3. The van der Waals surface area contributed by atoms with Crippen molar-refractivity contribution in [3.05, 3.63) is 158 Å². The summed E-state index contributed by atoms with van der Waals surface area (Å²) in [6.45, 7) is 0. The summed E-state index contributed by atoms with van der Waals surface area (Å²) in [6, 6.07) is 54.9. The van der Waals surface area contributed by atoms with Gasteiger partial charge < -0.3 is 4.57 Å². The maximum atomic E-state index is 5.39. The number of benzene rings is 8. The second-order valence-corrected chi connectivity index (χ2v) is 14.4. The van der Waals surface area contributed by atoms with Crippen LogP contribution in [0, 0.1) is 0 Å². The van der Waals surface area contributed by atoms with Crippen molar-refractivity contribution < 1.29 is 0 Å². The second kappa shape index (κ2) is 10.0. The third-order valence-electron chi connectivity index (χ3n) is 10.8. The van der Waals surface area contributed by atoms with Crippen molar-refractivity contribution in [2.45, 2.75) is 0 Å². The highest BCUT2D eigenvalue weighted by Crippen LogP contribution is 2.43. The second-order valence-electron chi connectivity index (χ2n) is 13.4. The van der Waals surface area contributed by atoms with Crippen LogP contribution in [0.5, 0.6) is 0 Å². The monoisotopic (exact) mass is 666 g/mol. The third-order valence-corrected chi connectivity index (χ3v) is 11.9. The lowest BCUT2D eigenvalue weighted by Gasteiger charge is -2.12. The third kappa shape index (κ3) is 3.63. The molecule has 0 atom stereocenters. The average Bonchev–Trinajstić information content (AvgIpc) is 3.85. The molecule has 0 aliphatic rings. The van der Waals surface area contributed by atoms with Crippen LogP contribution in [0.2, 0.25) is 0 Å². The molecule has 8 aromatic carbocycles. The van der Waals surface area contributed by atoms with Crippen molar-refractivity contribution in [3.8, 4) is 11.6 Å². The molecule has 0 bridgehead atoms. The van der Waals surface area contributed by atoms with Gasteiger partial charge in [0.05, 0.1) is 27.6 Å². The maximum Gasteiger partial charge on any atom is 0.235 e. The summed E-state index contributed by atoms with van der Waals surface area (Å²) in [5.74, 6) is 0.673. The largest absolute Gasteiger partial charge is 0.309 e. The van der Waals surface area contributed by atoms with Crippen LogP contribution in [0.25, 0.3) is 108 Å². The molecule has 0 amide bonds. The van der Waals surface area contributed by atoms with Gasteiger partial charge in [0.15, 0.2) is 0 Å². The van der Waals surface area contributed by atoms with Crippen molar-refractivity contribution in [2.75, 3.05) is 0 Å². The van der Waals surface area contributed by atoms with E-state index < -0.39 is 0 Å². The van der Waals surface area contributed by atoms with Crippen LogP contribution in [0.3, 0.4) is 0 Å². The lowest BCUT2D eigenvalue weighted by atomic mass is 9.98. The van der Waals surface area contributed by atoms with Gasteiger partial charge in [-0.1, -0.05) is 103 Å². The Balaban J connectivity index is 1.18. The molecule has 5 heteroatoms. The van der Waals surface area contributed by atoms with E-state index >= 15 is 0 Å². The molecule has 0 saturated heterocycles. The summed E-state index contributed by atoms with van der Waals surface area (Å²) in [4.78, 5) is 10.5. The number of fused-ring (bicyclic) bond motifs is 16. The Morgan fingerprint density at radius 2 is 0.922 bits per heavy atom. The summed E-state index contributed by atoms with van der Waals surface area (Å²) >= 11 is 1.86. The number of hydrogen-bond acceptors (Lipinski definition) is 3. The fourth-order valence-corrected chi connectivity index (χ4v) is 9.71. The van der Waals surface area contributed by atoms with E-state index in [1.807, 2.05) is 17.5 Å². The smallest absolute Gasteiger partial charge is 0.235 e. The molecule has 0 N–H and O–H groups in total. The molecule has 4 nitrogen and oxygen atoms in total. The first-order valence-corrected chi connectivity index (χ1v) is 18.1. The van der Waals surface area contributed by atoms with E-state index in [0.29, 0.717) is 5.95 Å². The first-order valence-electron chi connectivity index (χ1n) is 17.3. The Morgan fingerprint density at radius 1 is 0.392 bits per heavy atom. The molecule has 0 spiro atoms. The van der Waals surface area contributed by atoms with Gasteiger partial charge in [-0.05, 0) is 64.7 Å². The minimum atomic E-state index is 0.673. The Labute approximate surface area is 295 Å². The van der Waals surface area contributed by atoms with E-state index in [1.165, 1.54) is 68.9 Å². The molecule has 4 aromatic heterocycles. The van der Waals surface area contributed by atoms with Crippen molar-refractivity contribution in [1.82, 2.24) is 19.1 Å². The van der Waals surface area contributed by atoms with Gasteiger partial charge in [-0.2, -0.15) is 0 Å². The first-order chi connectivity index (χ1) is 25.3. The molecule has 0 aliphatic carbocycles. The minimum Gasteiger partial charge on any atom is -0.309 e. The number of nitrogens with zero attached hydrogens (tertiary/aromatic N) is 4. The number of hydrogen-bond donors (Lipinski definition) is 0. The lowest BCUT2D eigenvalue weighted by Crippen LogP contribution is -2.01. The zero-order valence-electron chi connectivity index (χ0n) is 27.2. The van der Waals surface area contributed by atoms with Gasteiger partial charge in [-0.25, -0.2) is 9.97 Å². The van der Waals surface area contributed by atoms with Crippen molar-refractivity contribution in [1.29, 1.82) is 0 Å². The van der Waals surface area contributed by atoms with Crippen LogP contribution in [0.4, 0.5) is 0 Å². The van der Waals surface area contributed by atoms with Crippen LogP contribution in [-0.2, 0) is 0 Å². The molecule has 4 heterocycles. The Hall–Kier alpha value is -6.56. The van der Waals surface area contributed by atoms with Gasteiger partial charge in [0.25, 0.3) is 0 Å². The zero-order chi connectivity index (χ0) is 33.2. The number of para-hydroxylation sites is 2. The predicted octanol–water partition coefficient (Wildman–Crippen LogP) is 12.5. The predicted molar refractivity (Wildman–Crippen MR) is 216 cm³/mol. The van der Waals surface area contributed by atoms with E-state index in [-0.39, 0.29) is 0 Å². The summed E-state index contributed by atoms with van der Waals surface area (Å²) in [7, 11) is 0. The van der Waals surface area contributed by atoms with Crippen LogP contribution >= 0.6 is 11.3 Å². The highest BCUT2D eigenvalue weighted by atomic mass is 32.1. The quantitative estimate of drug-likeness (QED) is 0.172. The molecule has 51 heavy (non-hydrogen) atoms.